The fourth-order valence-corrected chi connectivity index (χ4v) is 3.38. The number of alkyl halides is 3. The molecule has 1 aromatic heterocycles. The van der Waals surface area contributed by atoms with Gasteiger partial charge in [0.1, 0.15) is 5.56 Å². The molecule has 0 aliphatic heterocycles. The third-order valence-electron chi connectivity index (χ3n) is 4.80. The molecule has 0 saturated carbocycles. The van der Waals surface area contributed by atoms with Crippen molar-refractivity contribution in [3.63, 3.8) is 0 Å². The Labute approximate surface area is 180 Å². The van der Waals surface area contributed by atoms with Gasteiger partial charge in [-0.2, -0.15) is 18.3 Å². The summed E-state index contributed by atoms with van der Waals surface area (Å²) in [6.45, 7) is 0. The largest absolute Gasteiger partial charge is 0.418 e. The molecule has 2 N–H and O–H groups in total. The van der Waals surface area contributed by atoms with Crippen molar-refractivity contribution in [1.82, 2.24) is 10.2 Å². The first kappa shape index (κ1) is 21.0. The lowest BCUT2D eigenvalue weighted by Crippen LogP contribution is -2.27. The number of anilines is 1. The summed E-state index contributed by atoms with van der Waals surface area (Å²) in [5.74, 6) is -0.971. The first-order valence-electron chi connectivity index (χ1n) is 9.57. The lowest BCUT2D eigenvalue weighted by Gasteiger charge is -2.16. The van der Waals surface area contributed by atoms with E-state index in [4.69, 9.17) is 0 Å². The summed E-state index contributed by atoms with van der Waals surface area (Å²) in [4.78, 5) is 25.9. The van der Waals surface area contributed by atoms with Gasteiger partial charge >= 0.3 is 6.18 Å². The number of nitrogens with zero attached hydrogens (tertiary/aromatic N) is 1. The maximum Gasteiger partial charge on any atom is 0.418 e. The monoisotopic (exact) mass is 435 g/mol. The van der Waals surface area contributed by atoms with Crippen LogP contribution < -0.4 is 10.9 Å². The second-order valence-corrected chi connectivity index (χ2v) is 6.88. The number of aromatic amines is 1. The second kappa shape index (κ2) is 8.50. The van der Waals surface area contributed by atoms with Gasteiger partial charge in [-0.3, -0.25) is 9.59 Å². The van der Waals surface area contributed by atoms with Gasteiger partial charge in [0, 0.05) is 11.1 Å². The third kappa shape index (κ3) is 4.15. The van der Waals surface area contributed by atoms with E-state index in [0.717, 1.165) is 12.1 Å². The van der Waals surface area contributed by atoms with Crippen molar-refractivity contribution >= 4 is 11.6 Å². The molecule has 0 radical (unpaired) electrons. The minimum Gasteiger partial charge on any atom is -0.321 e. The molecule has 3 aromatic carbocycles. The lowest BCUT2D eigenvalue weighted by molar-refractivity contribution is -0.136. The van der Waals surface area contributed by atoms with E-state index >= 15 is 0 Å². The molecule has 0 saturated heterocycles. The van der Waals surface area contributed by atoms with E-state index in [1.807, 2.05) is 0 Å². The van der Waals surface area contributed by atoms with Crippen LogP contribution in [0.2, 0.25) is 0 Å². The topological polar surface area (TPSA) is 74.8 Å². The number of carbonyl (C=O) groups is 1. The van der Waals surface area contributed by atoms with E-state index in [-0.39, 0.29) is 11.1 Å². The number of amides is 1. The van der Waals surface area contributed by atoms with E-state index < -0.39 is 28.9 Å². The van der Waals surface area contributed by atoms with Gasteiger partial charge in [0.2, 0.25) is 0 Å². The van der Waals surface area contributed by atoms with Crippen LogP contribution in [0.5, 0.6) is 0 Å². The van der Waals surface area contributed by atoms with Crippen molar-refractivity contribution in [1.29, 1.82) is 0 Å². The highest BCUT2D eigenvalue weighted by Gasteiger charge is 2.34. The number of H-pyrrole nitrogens is 1. The first-order valence-corrected chi connectivity index (χ1v) is 9.57. The van der Waals surface area contributed by atoms with Crippen molar-refractivity contribution in [3.8, 4) is 22.4 Å². The fourth-order valence-electron chi connectivity index (χ4n) is 3.38. The van der Waals surface area contributed by atoms with E-state index in [1.54, 1.807) is 60.7 Å². The van der Waals surface area contributed by atoms with Gasteiger partial charge in [-0.25, -0.2) is 5.10 Å². The fraction of sp³-hybridized carbons (Fsp3) is 0.0417. The predicted molar refractivity (Wildman–Crippen MR) is 115 cm³/mol. The number of benzene rings is 3. The second-order valence-electron chi connectivity index (χ2n) is 6.88. The molecule has 8 heteroatoms. The van der Waals surface area contributed by atoms with Crippen molar-refractivity contribution in [2.75, 3.05) is 5.32 Å². The Hall–Kier alpha value is -4.20. The Morgan fingerprint density at radius 3 is 2.00 bits per heavy atom. The molecule has 0 unspecified atom stereocenters. The third-order valence-corrected chi connectivity index (χ3v) is 4.80. The van der Waals surface area contributed by atoms with Crippen LogP contribution in [0.3, 0.4) is 0 Å². The quantitative estimate of drug-likeness (QED) is 0.452. The molecule has 160 valence electrons. The highest BCUT2D eigenvalue weighted by molar-refractivity contribution is 6.10. The van der Waals surface area contributed by atoms with Gasteiger partial charge in [-0.1, -0.05) is 72.8 Å². The van der Waals surface area contributed by atoms with Crippen LogP contribution in [-0.2, 0) is 6.18 Å². The van der Waals surface area contributed by atoms with Crippen LogP contribution in [0, 0.1) is 0 Å². The number of hydrogen-bond donors (Lipinski definition) is 2. The Kier molecular flexibility index (Phi) is 5.59. The summed E-state index contributed by atoms with van der Waals surface area (Å²) in [6, 6.07) is 22.1. The standard InChI is InChI=1S/C24H16F3N3O2/c25-24(26,27)17-13-7-8-14-18(17)28-22(31)20-19(15-9-3-1-4-10-15)21(29-30-23(20)32)16-11-5-2-6-12-16/h1-14H,(H,28,31)(H,30,32). The summed E-state index contributed by atoms with van der Waals surface area (Å²) < 4.78 is 40.1. The molecule has 0 bridgehead atoms. The average molecular weight is 435 g/mol. The van der Waals surface area contributed by atoms with Gasteiger partial charge in [-0.05, 0) is 17.7 Å². The van der Waals surface area contributed by atoms with E-state index in [0.29, 0.717) is 16.8 Å². The summed E-state index contributed by atoms with van der Waals surface area (Å²) in [5, 5.41) is 8.69. The van der Waals surface area contributed by atoms with Gasteiger partial charge in [0.15, 0.2) is 0 Å². The summed E-state index contributed by atoms with van der Waals surface area (Å²) in [6.07, 6.45) is -4.67. The summed E-state index contributed by atoms with van der Waals surface area (Å²) in [5.41, 5.74) is -0.892. The van der Waals surface area contributed by atoms with E-state index in [9.17, 15) is 22.8 Å². The van der Waals surface area contributed by atoms with Crippen LogP contribution in [0.4, 0.5) is 18.9 Å². The predicted octanol–water partition coefficient (Wildman–Crippen LogP) is 5.38. The minimum absolute atomic E-state index is 0.225. The highest BCUT2D eigenvalue weighted by Crippen LogP contribution is 2.36. The van der Waals surface area contributed by atoms with Crippen molar-refractivity contribution in [3.05, 3.63) is 106 Å². The molecule has 1 amide bonds. The molecule has 0 aliphatic carbocycles. The normalized spacial score (nSPS) is 11.2. The molecule has 0 atom stereocenters. The number of halogens is 3. The zero-order valence-electron chi connectivity index (χ0n) is 16.5. The number of hydrogen-bond acceptors (Lipinski definition) is 3. The molecule has 4 aromatic rings. The van der Waals surface area contributed by atoms with Gasteiger partial charge in [0.05, 0.1) is 16.9 Å². The zero-order valence-corrected chi connectivity index (χ0v) is 16.5. The lowest BCUT2D eigenvalue weighted by atomic mass is 9.95. The molecule has 1 heterocycles. The Morgan fingerprint density at radius 2 is 1.38 bits per heavy atom. The molecular formula is C24H16F3N3O2. The number of aromatic nitrogens is 2. The highest BCUT2D eigenvalue weighted by atomic mass is 19.4. The van der Waals surface area contributed by atoms with Crippen molar-refractivity contribution < 1.29 is 18.0 Å². The SMILES string of the molecule is O=C(Nc1ccccc1C(F)(F)F)c1c(-c2ccccc2)c(-c2ccccc2)n[nH]c1=O. The van der Waals surface area contributed by atoms with Crippen LogP contribution in [0.1, 0.15) is 15.9 Å². The van der Waals surface area contributed by atoms with E-state index in [2.05, 4.69) is 15.5 Å². The average Bonchev–Trinajstić information content (AvgIpc) is 2.79. The molecule has 0 aliphatic rings. The Morgan fingerprint density at radius 1 is 0.812 bits per heavy atom. The Bertz CT molecular complexity index is 1320. The van der Waals surface area contributed by atoms with Gasteiger partial charge in [0.25, 0.3) is 11.5 Å². The zero-order chi connectivity index (χ0) is 22.7. The number of para-hydroxylation sites is 1. The van der Waals surface area contributed by atoms with Crippen molar-refractivity contribution in [2.45, 2.75) is 6.18 Å². The summed E-state index contributed by atoms with van der Waals surface area (Å²) in [7, 11) is 0. The maximum atomic E-state index is 13.4. The molecule has 0 spiro atoms. The molecule has 0 fully saturated rings. The molecule has 4 rings (SSSR count). The van der Waals surface area contributed by atoms with Gasteiger partial charge in [-0.15, -0.1) is 0 Å². The maximum absolute atomic E-state index is 13.4. The Balaban J connectivity index is 1.90. The van der Waals surface area contributed by atoms with Crippen LogP contribution in [-0.4, -0.2) is 16.1 Å². The number of rotatable bonds is 4. The van der Waals surface area contributed by atoms with Gasteiger partial charge < -0.3 is 5.32 Å². The van der Waals surface area contributed by atoms with Crippen LogP contribution >= 0.6 is 0 Å². The number of carbonyl (C=O) groups excluding carboxylic acids is 1. The first-order chi connectivity index (χ1) is 15.4. The van der Waals surface area contributed by atoms with Crippen LogP contribution in [0.25, 0.3) is 22.4 Å². The molecule has 32 heavy (non-hydrogen) atoms. The minimum atomic E-state index is -4.67. The number of nitrogens with one attached hydrogen (secondary N) is 2. The molecular weight excluding hydrogens is 419 g/mol. The van der Waals surface area contributed by atoms with Crippen molar-refractivity contribution in [2.24, 2.45) is 0 Å². The smallest absolute Gasteiger partial charge is 0.321 e. The van der Waals surface area contributed by atoms with Crippen LogP contribution in [0.15, 0.2) is 89.7 Å². The summed E-state index contributed by atoms with van der Waals surface area (Å²) >= 11 is 0. The van der Waals surface area contributed by atoms with E-state index in [1.165, 1.54) is 12.1 Å². The molecule has 5 nitrogen and oxygen atoms in total.